The van der Waals surface area contributed by atoms with Gasteiger partial charge in [-0.05, 0) is 61.3 Å². The molecule has 7 heteroatoms. The van der Waals surface area contributed by atoms with Crippen LogP contribution in [0.3, 0.4) is 0 Å². The number of carbonyl (C=O) groups is 1. The summed E-state index contributed by atoms with van der Waals surface area (Å²) in [6.07, 6.45) is 1.01. The number of aliphatic hydroxyl groups excluding tert-OH is 1. The molecule has 6 nitrogen and oxygen atoms in total. The lowest BCUT2D eigenvalue weighted by atomic mass is 9.44. The van der Waals surface area contributed by atoms with Gasteiger partial charge in [0.25, 0.3) is 0 Å². The van der Waals surface area contributed by atoms with Crippen molar-refractivity contribution in [2.45, 2.75) is 89.0 Å². The Morgan fingerprint density at radius 1 is 1.17 bits per heavy atom. The average Bonchev–Trinajstić information content (AvgIpc) is 2.92. The standard InChI is InChI=1S/C17H30BNO5/c1-13(2,3)22-12(21)19-10-16(8-17(19,9-16)11-20)18-23-14(4,5)15(6,7)24-18/h20H,8-11H2,1-7H3. The van der Waals surface area contributed by atoms with Crippen LogP contribution >= 0.6 is 0 Å². The zero-order valence-corrected chi connectivity index (χ0v) is 15.9. The molecule has 0 unspecified atom stereocenters. The summed E-state index contributed by atoms with van der Waals surface area (Å²) in [5.74, 6) is 0. The molecule has 2 bridgehead atoms. The summed E-state index contributed by atoms with van der Waals surface area (Å²) in [6.45, 7) is 14.1. The number of carbonyl (C=O) groups excluding carboxylic acids is 1. The van der Waals surface area contributed by atoms with Crippen LogP contribution in [0.25, 0.3) is 0 Å². The van der Waals surface area contributed by atoms with Crippen LogP contribution in [-0.2, 0) is 14.0 Å². The number of aliphatic hydroxyl groups is 1. The molecule has 1 N–H and O–H groups in total. The van der Waals surface area contributed by atoms with Crippen molar-refractivity contribution in [3.63, 3.8) is 0 Å². The molecule has 3 aliphatic heterocycles. The molecule has 0 aromatic heterocycles. The molecule has 24 heavy (non-hydrogen) atoms. The van der Waals surface area contributed by atoms with E-state index in [9.17, 15) is 9.90 Å². The van der Waals surface area contributed by atoms with E-state index >= 15 is 0 Å². The summed E-state index contributed by atoms with van der Waals surface area (Å²) in [5.41, 5.74) is -1.89. The predicted molar refractivity (Wildman–Crippen MR) is 90.8 cm³/mol. The maximum absolute atomic E-state index is 12.6. The summed E-state index contributed by atoms with van der Waals surface area (Å²) >= 11 is 0. The highest BCUT2D eigenvalue weighted by atomic mass is 16.7. The zero-order valence-electron chi connectivity index (χ0n) is 15.9. The fourth-order valence-corrected chi connectivity index (χ4v) is 4.15. The quantitative estimate of drug-likeness (QED) is 0.783. The SMILES string of the molecule is CC(C)(C)OC(=O)N1CC2(B3OC(C)(C)C(C)(C)O3)CC1(CO)C2. The third-order valence-corrected chi connectivity index (χ3v) is 6.07. The average molecular weight is 339 g/mol. The van der Waals surface area contributed by atoms with Crippen LogP contribution in [0, 0.1) is 0 Å². The van der Waals surface area contributed by atoms with Crippen molar-refractivity contribution >= 4 is 13.2 Å². The molecule has 1 amide bonds. The largest absolute Gasteiger partial charge is 0.466 e. The third-order valence-electron chi connectivity index (χ3n) is 6.07. The van der Waals surface area contributed by atoms with Gasteiger partial charge in [0.2, 0.25) is 0 Å². The number of nitrogens with zero attached hydrogens (tertiary/aromatic N) is 1. The van der Waals surface area contributed by atoms with Crippen molar-refractivity contribution in [3.05, 3.63) is 0 Å². The first-order valence-electron chi connectivity index (χ1n) is 8.73. The van der Waals surface area contributed by atoms with Crippen LogP contribution in [0.15, 0.2) is 0 Å². The molecule has 3 heterocycles. The van der Waals surface area contributed by atoms with E-state index in [1.165, 1.54) is 0 Å². The summed E-state index contributed by atoms with van der Waals surface area (Å²) in [7, 11) is -0.366. The number of ether oxygens (including phenoxy) is 1. The lowest BCUT2D eigenvalue weighted by Crippen LogP contribution is -2.55. The maximum Gasteiger partial charge on any atom is 0.466 e. The minimum Gasteiger partial charge on any atom is -0.444 e. The smallest absolute Gasteiger partial charge is 0.444 e. The Morgan fingerprint density at radius 3 is 2.08 bits per heavy atom. The van der Waals surface area contributed by atoms with Gasteiger partial charge in [-0.25, -0.2) is 4.79 Å². The maximum atomic E-state index is 12.6. The molecule has 4 aliphatic rings. The van der Waals surface area contributed by atoms with E-state index in [4.69, 9.17) is 14.0 Å². The van der Waals surface area contributed by atoms with Crippen molar-refractivity contribution in [2.75, 3.05) is 13.2 Å². The van der Waals surface area contributed by atoms with Gasteiger partial charge in [-0.15, -0.1) is 0 Å². The molecule has 1 saturated carbocycles. The van der Waals surface area contributed by atoms with E-state index < -0.39 is 22.3 Å². The molecule has 4 fully saturated rings. The van der Waals surface area contributed by atoms with Crippen molar-refractivity contribution in [2.24, 2.45) is 0 Å². The minimum atomic E-state index is -0.557. The highest BCUT2D eigenvalue weighted by molar-refractivity contribution is 6.50. The van der Waals surface area contributed by atoms with Crippen molar-refractivity contribution in [3.8, 4) is 0 Å². The summed E-state index contributed by atoms with van der Waals surface area (Å²) in [4.78, 5) is 14.3. The molecular formula is C17H30BNO5. The third kappa shape index (κ3) is 2.47. The van der Waals surface area contributed by atoms with E-state index in [1.54, 1.807) is 4.90 Å². The van der Waals surface area contributed by atoms with Gasteiger partial charge in [0.05, 0.1) is 23.3 Å². The summed E-state index contributed by atoms with van der Waals surface area (Å²) in [6, 6.07) is 0. The predicted octanol–water partition coefficient (Wildman–Crippen LogP) is 2.59. The number of amides is 1. The van der Waals surface area contributed by atoms with Gasteiger partial charge in [0, 0.05) is 11.9 Å². The molecule has 0 radical (unpaired) electrons. The molecule has 0 spiro atoms. The van der Waals surface area contributed by atoms with Crippen molar-refractivity contribution in [1.82, 2.24) is 4.90 Å². The van der Waals surface area contributed by atoms with E-state index in [-0.39, 0.29) is 25.1 Å². The second-order valence-electron chi connectivity index (χ2n) is 9.75. The molecular weight excluding hydrogens is 309 g/mol. The van der Waals surface area contributed by atoms with Crippen molar-refractivity contribution in [1.29, 1.82) is 0 Å². The van der Waals surface area contributed by atoms with Crippen LogP contribution in [0.4, 0.5) is 4.79 Å². The zero-order chi connectivity index (χ0) is 18.2. The molecule has 1 aliphatic carbocycles. The normalized spacial score (nSPS) is 36.7. The fraction of sp³-hybridized carbons (Fsp3) is 0.941. The molecule has 0 atom stereocenters. The van der Waals surface area contributed by atoms with Gasteiger partial charge in [-0.3, -0.25) is 0 Å². The summed E-state index contributed by atoms with van der Waals surface area (Å²) in [5, 5.41) is 9.65. The van der Waals surface area contributed by atoms with E-state index in [2.05, 4.69) is 0 Å². The Kier molecular flexibility index (Phi) is 3.67. The lowest BCUT2D eigenvalue weighted by Gasteiger charge is -2.47. The highest BCUT2D eigenvalue weighted by Crippen LogP contribution is 2.68. The van der Waals surface area contributed by atoms with Crippen LogP contribution in [0.2, 0.25) is 5.31 Å². The first-order valence-corrected chi connectivity index (χ1v) is 8.73. The second kappa shape index (κ2) is 4.89. The molecule has 136 valence electrons. The van der Waals surface area contributed by atoms with Gasteiger partial charge >= 0.3 is 13.2 Å². The monoisotopic (exact) mass is 339 g/mol. The second-order valence-corrected chi connectivity index (χ2v) is 9.75. The van der Waals surface area contributed by atoms with E-state index in [1.807, 2.05) is 48.5 Å². The number of hydrogen-bond acceptors (Lipinski definition) is 5. The molecule has 0 aromatic carbocycles. The number of fused-ring (bicyclic) bond motifs is 1. The number of hydrogen-bond donors (Lipinski definition) is 1. The first-order chi connectivity index (χ1) is 10.8. The Morgan fingerprint density at radius 2 is 1.67 bits per heavy atom. The lowest BCUT2D eigenvalue weighted by molar-refractivity contribution is -0.01000. The topological polar surface area (TPSA) is 68.2 Å². The van der Waals surface area contributed by atoms with Crippen LogP contribution in [0.5, 0.6) is 0 Å². The molecule has 0 aromatic rings. The van der Waals surface area contributed by atoms with Gasteiger partial charge in [0.15, 0.2) is 0 Å². The Hall–Kier alpha value is -0.785. The first kappa shape index (κ1) is 18.0. The van der Waals surface area contributed by atoms with Crippen LogP contribution in [-0.4, -0.2) is 58.7 Å². The van der Waals surface area contributed by atoms with Crippen LogP contribution < -0.4 is 0 Å². The Bertz CT molecular complexity index is 532. The van der Waals surface area contributed by atoms with Gasteiger partial charge in [0.1, 0.15) is 5.60 Å². The van der Waals surface area contributed by atoms with Gasteiger partial charge in [-0.2, -0.15) is 0 Å². The highest BCUT2D eigenvalue weighted by Gasteiger charge is 2.75. The minimum absolute atomic E-state index is 0.0620. The molecule has 3 saturated heterocycles. The van der Waals surface area contributed by atoms with Crippen LogP contribution in [0.1, 0.15) is 61.3 Å². The van der Waals surface area contributed by atoms with Gasteiger partial charge < -0.3 is 24.1 Å². The Labute approximate surface area is 145 Å². The van der Waals surface area contributed by atoms with E-state index in [0.717, 1.165) is 0 Å². The number of rotatable bonds is 2. The van der Waals surface area contributed by atoms with E-state index in [0.29, 0.717) is 19.4 Å². The van der Waals surface area contributed by atoms with Crippen molar-refractivity contribution < 1.29 is 23.9 Å². The Balaban J connectivity index is 1.79. The van der Waals surface area contributed by atoms with Gasteiger partial charge in [-0.1, -0.05) is 0 Å². The fourth-order valence-electron chi connectivity index (χ4n) is 4.15. The summed E-state index contributed by atoms with van der Waals surface area (Å²) < 4.78 is 18.0. The molecule has 4 rings (SSSR count).